The van der Waals surface area contributed by atoms with Crippen molar-refractivity contribution in [1.29, 1.82) is 0 Å². The molecular weight excluding hydrogens is 336 g/mol. The average molecular weight is 357 g/mol. The van der Waals surface area contributed by atoms with Crippen molar-refractivity contribution in [2.24, 2.45) is 0 Å². The number of halogens is 1. The first kappa shape index (κ1) is 17.5. The first-order valence-corrected chi connectivity index (χ1v) is 8.67. The number of carbonyl (C=O) groups excluding carboxylic acids is 2. The lowest BCUT2D eigenvalue weighted by molar-refractivity contribution is -0.133. The van der Waals surface area contributed by atoms with Crippen LogP contribution < -0.4 is 5.32 Å². The summed E-state index contributed by atoms with van der Waals surface area (Å²) < 4.78 is 0. The second kappa shape index (κ2) is 6.89. The molecule has 0 aliphatic heterocycles. The fourth-order valence-electron chi connectivity index (χ4n) is 3.15. The Morgan fingerprint density at radius 1 is 1.16 bits per heavy atom. The molecule has 0 heterocycles. The quantitative estimate of drug-likeness (QED) is 0.892. The van der Waals surface area contributed by atoms with Gasteiger partial charge in [-0.3, -0.25) is 9.59 Å². The Morgan fingerprint density at radius 3 is 2.40 bits per heavy atom. The Balaban J connectivity index is 1.72. The van der Waals surface area contributed by atoms with Crippen LogP contribution in [0.1, 0.15) is 34.3 Å². The molecule has 130 valence electrons. The molecule has 4 nitrogen and oxygen atoms in total. The molecule has 0 spiro atoms. The van der Waals surface area contributed by atoms with Gasteiger partial charge in [0.15, 0.2) is 0 Å². The highest BCUT2D eigenvalue weighted by atomic mass is 35.5. The van der Waals surface area contributed by atoms with Gasteiger partial charge in [0.05, 0.1) is 5.41 Å². The third-order valence-corrected chi connectivity index (χ3v) is 4.98. The standard InChI is InChI=1S/C20H21ClN2O2/c1-22-18(24)15-8-6-14(7-9-15)13-23(2)19(25)20(10-11-20)16-4-3-5-17(21)12-16/h3-9,12H,10-11,13H2,1-2H3,(H,22,24). The van der Waals surface area contributed by atoms with Gasteiger partial charge in [-0.1, -0.05) is 35.9 Å². The monoisotopic (exact) mass is 356 g/mol. The maximum absolute atomic E-state index is 13.0. The molecule has 3 rings (SSSR count). The van der Waals surface area contributed by atoms with Crippen molar-refractivity contribution in [3.8, 4) is 0 Å². The number of benzene rings is 2. The minimum atomic E-state index is -0.429. The predicted molar refractivity (Wildman–Crippen MR) is 98.7 cm³/mol. The Bertz CT molecular complexity index is 798. The number of nitrogens with zero attached hydrogens (tertiary/aromatic N) is 1. The number of hydrogen-bond donors (Lipinski definition) is 1. The van der Waals surface area contributed by atoms with Crippen LogP contribution in [0.25, 0.3) is 0 Å². The molecule has 5 heteroatoms. The highest BCUT2D eigenvalue weighted by molar-refractivity contribution is 6.30. The van der Waals surface area contributed by atoms with E-state index in [0.29, 0.717) is 17.1 Å². The molecule has 2 aromatic carbocycles. The van der Waals surface area contributed by atoms with Gasteiger partial charge in [-0.25, -0.2) is 0 Å². The number of hydrogen-bond acceptors (Lipinski definition) is 2. The van der Waals surface area contributed by atoms with Crippen LogP contribution in [-0.2, 0) is 16.8 Å². The molecule has 1 aliphatic rings. The van der Waals surface area contributed by atoms with Crippen molar-refractivity contribution in [3.05, 3.63) is 70.2 Å². The fourth-order valence-corrected chi connectivity index (χ4v) is 3.34. The van der Waals surface area contributed by atoms with Crippen LogP contribution in [0.3, 0.4) is 0 Å². The van der Waals surface area contributed by atoms with Gasteiger partial charge in [-0.2, -0.15) is 0 Å². The van der Waals surface area contributed by atoms with Crippen LogP contribution in [0.4, 0.5) is 0 Å². The van der Waals surface area contributed by atoms with E-state index in [2.05, 4.69) is 5.32 Å². The van der Waals surface area contributed by atoms with Crippen molar-refractivity contribution >= 4 is 23.4 Å². The van der Waals surface area contributed by atoms with E-state index in [-0.39, 0.29) is 11.8 Å². The van der Waals surface area contributed by atoms with Gasteiger partial charge < -0.3 is 10.2 Å². The van der Waals surface area contributed by atoms with Crippen molar-refractivity contribution < 1.29 is 9.59 Å². The average Bonchev–Trinajstić information content (AvgIpc) is 3.43. The van der Waals surface area contributed by atoms with Crippen LogP contribution in [0.2, 0.25) is 5.02 Å². The smallest absolute Gasteiger partial charge is 0.251 e. The molecule has 25 heavy (non-hydrogen) atoms. The highest BCUT2D eigenvalue weighted by Crippen LogP contribution is 2.50. The first-order valence-electron chi connectivity index (χ1n) is 8.29. The second-order valence-corrected chi connectivity index (χ2v) is 6.97. The molecule has 1 fully saturated rings. The van der Waals surface area contributed by atoms with E-state index in [1.165, 1.54) is 0 Å². The third-order valence-electron chi connectivity index (χ3n) is 4.75. The minimum absolute atomic E-state index is 0.116. The zero-order chi connectivity index (χ0) is 18.0. The van der Waals surface area contributed by atoms with E-state index in [4.69, 9.17) is 11.6 Å². The Morgan fingerprint density at radius 2 is 1.84 bits per heavy atom. The topological polar surface area (TPSA) is 49.4 Å². The van der Waals surface area contributed by atoms with Gasteiger partial charge >= 0.3 is 0 Å². The van der Waals surface area contributed by atoms with Crippen LogP contribution in [0.15, 0.2) is 48.5 Å². The molecule has 1 N–H and O–H groups in total. The van der Waals surface area contributed by atoms with Gasteiger partial charge in [-0.15, -0.1) is 0 Å². The van der Waals surface area contributed by atoms with Crippen molar-refractivity contribution in [3.63, 3.8) is 0 Å². The third kappa shape index (κ3) is 3.54. The summed E-state index contributed by atoms with van der Waals surface area (Å²) in [6.45, 7) is 0.509. The van der Waals surface area contributed by atoms with E-state index >= 15 is 0 Å². The van der Waals surface area contributed by atoms with Crippen LogP contribution >= 0.6 is 11.6 Å². The van der Waals surface area contributed by atoms with Gasteiger partial charge in [0, 0.05) is 31.2 Å². The normalized spacial score (nSPS) is 14.7. The van der Waals surface area contributed by atoms with Gasteiger partial charge in [0.1, 0.15) is 0 Å². The molecule has 0 saturated heterocycles. The summed E-state index contributed by atoms with van der Waals surface area (Å²) in [6.07, 6.45) is 1.71. The van der Waals surface area contributed by atoms with Gasteiger partial charge in [0.2, 0.25) is 5.91 Å². The molecule has 0 radical (unpaired) electrons. The molecule has 0 unspecified atom stereocenters. The molecule has 1 aliphatic carbocycles. The number of rotatable bonds is 5. The summed E-state index contributed by atoms with van der Waals surface area (Å²) in [7, 11) is 3.42. The molecule has 0 atom stereocenters. The van der Waals surface area contributed by atoms with E-state index in [0.717, 1.165) is 24.0 Å². The zero-order valence-corrected chi connectivity index (χ0v) is 15.1. The fraction of sp³-hybridized carbons (Fsp3) is 0.300. The summed E-state index contributed by atoms with van der Waals surface area (Å²) in [5.41, 5.74) is 2.16. The molecule has 2 aromatic rings. The van der Waals surface area contributed by atoms with Crippen LogP contribution in [0, 0.1) is 0 Å². The number of likely N-dealkylation sites (N-methyl/N-ethyl adjacent to an activating group) is 1. The van der Waals surface area contributed by atoms with Crippen LogP contribution in [-0.4, -0.2) is 30.8 Å². The van der Waals surface area contributed by atoms with E-state index < -0.39 is 5.41 Å². The highest BCUT2D eigenvalue weighted by Gasteiger charge is 2.52. The molecule has 0 bridgehead atoms. The largest absolute Gasteiger partial charge is 0.355 e. The summed E-state index contributed by atoms with van der Waals surface area (Å²) >= 11 is 6.09. The molecular formula is C20H21ClN2O2. The summed E-state index contributed by atoms with van der Waals surface area (Å²) in [5.74, 6) is -0.000912. The summed E-state index contributed by atoms with van der Waals surface area (Å²) in [4.78, 5) is 26.3. The predicted octanol–water partition coefficient (Wildman–Crippen LogP) is 3.39. The summed E-state index contributed by atoms with van der Waals surface area (Å²) in [6, 6.07) is 14.9. The number of amides is 2. The van der Waals surface area contributed by atoms with Gasteiger partial charge in [-0.05, 0) is 48.2 Å². The molecule has 0 aromatic heterocycles. The Labute approximate surface area is 152 Å². The van der Waals surface area contributed by atoms with E-state index in [1.54, 1.807) is 24.1 Å². The molecule has 2 amide bonds. The SMILES string of the molecule is CNC(=O)c1ccc(CN(C)C(=O)C2(c3cccc(Cl)c3)CC2)cc1. The van der Waals surface area contributed by atoms with Crippen molar-refractivity contribution in [1.82, 2.24) is 10.2 Å². The molecule has 1 saturated carbocycles. The van der Waals surface area contributed by atoms with Gasteiger partial charge in [0.25, 0.3) is 5.91 Å². The van der Waals surface area contributed by atoms with E-state index in [1.807, 2.05) is 43.4 Å². The lowest BCUT2D eigenvalue weighted by Crippen LogP contribution is -2.36. The zero-order valence-electron chi connectivity index (χ0n) is 14.4. The summed E-state index contributed by atoms with van der Waals surface area (Å²) in [5, 5.41) is 3.25. The maximum Gasteiger partial charge on any atom is 0.251 e. The van der Waals surface area contributed by atoms with Crippen molar-refractivity contribution in [2.75, 3.05) is 14.1 Å². The first-order chi connectivity index (χ1) is 12.0. The van der Waals surface area contributed by atoms with E-state index in [9.17, 15) is 9.59 Å². The Kier molecular flexibility index (Phi) is 4.82. The lowest BCUT2D eigenvalue weighted by atomic mass is 9.94. The van der Waals surface area contributed by atoms with Crippen LogP contribution in [0.5, 0.6) is 0 Å². The lowest BCUT2D eigenvalue weighted by Gasteiger charge is -2.24. The minimum Gasteiger partial charge on any atom is -0.355 e. The van der Waals surface area contributed by atoms with Crippen molar-refractivity contribution in [2.45, 2.75) is 24.8 Å². The number of nitrogens with one attached hydrogen (secondary N) is 1. The number of carbonyl (C=O) groups is 2. The Hall–Kier alpha value is -2.33. The second-order valence-electron chi connectivity index (χ2n) is 6.53. The maximum atomic E-state index is 13.0.